The van der Waals surface area contributed by atoms with E-state index in [2.05, 4.69) is 0 Å². The standard InChI is InChI=1S/C24H12O8/c25-10-6-5-9-13-15-11(19(27)14(9)18(10)26)7-3-1-2-4-8(7)12-16(15)17(22(30)20(13)28)23(31)24(32)21(12)29/h1-6,25,27-29,31-32H. The molecule has 0 aliphatic rings. The molecule has 0 spiro atoms. The van der Waals surface area contributed by atoms with Gasteiger partial charge in [-0.2, -0.15) is 0 Å². The van der Waals surface area contributed by atoms with Gasteiger partial charge in [0, 0.05) is 32.3 Å². The Morgan fingerprint density at radius 2 is 0.938 bits per heavy atom. The average Bonchev–Trinajstić information content (AvgIpc) is 2.78. The number of hydrogen-bond donors (Lipinski definition) is 6. The monoisotopic (exact) mass is 428 g/mol. The van der Waals surface area contributed by atoms with Gasteiger partial charge >= 0.3 is 0 Å². The van der Waals surface area contributed by atoms with Crippen molar-refractivity contribution in [1.29, 1.82) is 0 Å². The van der Waals surface area contributed by atoms with E-state index in [0.29, 0.717) is 10.8 Å². The molecule has 8 nitrogen and oxygen atoms in total. The minimum Gasteiger partial charge on any atom is -0.506 e. The largest absolute Gasteiger partial charge is 0.506 e. The van der Waals surface area contributed by atoms with Gasteiger partial charge in [-0.3, -0.25) is 9.59 Å². The molecule has 0 radical (unpaired) electrons. The van der Waals surface area contributed by atoms with E-state index in [9.17, 15) is 40.2 Å². The first-order chi connectivity index (χ1) is 15.3. The third-order valence-corrected chi connectivity index (χ3v) is 6.20. The number of hydrogen-bond acceptors (Lipinski definition) is 8. The molecule has 6 rings (SSSR count). The second kappa shape index (κ2) is 5.50. The summed E-state index contributed by atoms with van der Waals surface area (Å²) in [5.74, 6) is -4.42. The van der Waals surface area contributed by atoms with Crippen molar-refractivity contribution in [2.24, 2.45) is 0 Å². The Kier molecular flexibility index (Phi) is 3.11. The van der Waals surface area contributed by atoms with Crippen LogP contribution in [0, 0.1) is 0 Å². The Morgan fingerprint density at radius 3 is 1.59 bits per heavy atom. The van der Waals surface area contributed by atoms with Gasteiger partial charge in [0.05, 0.1) is 10.8 Å². The molecule has 8 heteroatoms. The zero-order valence-corrected chi connectivity index (χ0v) is 16.0. The maximum absolute atomic E-state index is 13.1. The molecular formula is C24H12O8. The molecule has 32 heavy (non-hydrogen) atoms. The first-order valence-corrected chi connectivity index (χ1v) is 9.49. The minimum atomic E-state index is -1.03. The molecule has 0 aromatic heterocycles. The van der Waals surface area contributed by atoms with Crippen LogP contribution >= 0.6 is 0 Å². The molecule has 156 valence electrons. The van der Waals surface area contributed by atoms with Gasteiger partial charge in [0.1, 0.15) is 5.75 Å². The summed E-state index contributed by atoms with van der Waals surface area (Å²) in [6.45, 7) is 0. The van der Waals surface area contributed by atoms with Crippen LogP contribution in [0.2, 0.25) is 0 Å². The van der Waals surface area contributed by atoms with E-state index in [4.69, 9.17) is 0 Å². The van der Waals surface area contributed by atoms with E-state index in [1.807, 2.05) is 0 Å². The van der Waals surface area contributed by atoms with Crippen molar-refractivity contribution in [3.63, 3.8) is 0 Å². The third-order valence-electron chi connectivity index (χ3n) is 6.20. The smallest absolute Gasteiger partial charge is 0.232 e. The highest BCUT2D eigenvalue weighted by Gasteiger charge is 2.30. The quantitative estimate of drug-likeness (QED) is 0.122. The number of fused-ring (bicyclic) bond motifs is 5. The number of benzene rings is 6. The molecule has 6 aromatic rings. The lowest BCUT2D eigenvalue weighted by Gasteiger charge is -2.20. The fourth-order valence-corrected chi connectivity index (χ4v) is 4.87. The van der Waals surface area contributed by atoms with Crippen LogP contribution in [0.25, 0.3) is 53.9 Å². The van der Waals surface area contributed by atoms with Crippen molar-refractivity contribution in [2.75, 3.05) is 0 Å². The molecule has 0 atom stereocenters. The molecule has 0 bridgehead atoms. The normalized spacial score (nSPS) is 12.1. The summed E-state index contributed by atoms with van der Waals surface area (Å²) in [5.41, 5.74) is -1.91. The molecule has 0 saturated heterocycles. The first-order valence-electron chi connectivity index (χ1n) is 9.49. The second-order valence-electron chi connectivity index (χ2n) is 7.70. The summed E-state index contributed by atoms with van der Waals surface area (Å²) in [5, 5.41) is 63.7. The summed E-state index contributed by atoms with van der Waals surface area (Å²) >= 11 is 0. The predicted octanol–water partition coefficient (Wildman–Crippen LogP) is 3.28. The summed E-state index contributed by atoms with van der Waals surface area (Å²) in [7, 11) is 0. The highest BCUT2D eigenvalue weighted by molar-refractivity contribution is 6.41. The molecule has 0 fully saturated rings. The van der Waals surface area contributed by atoms with E-state index in [0.717, 1.165) is 6.07 Å². The average molecular weight is 428 g/mol. The Balaban J connectivity index is 2.22. The number of phenols is 6. The molecular weight excluding hydrogens is 416 g/mol. The fraction of sp³-hybridized carbons (Fsp3) is 0. The topological polar surface area (TPSA) is 156 Å². The van der Waals surface area contributed by atoms with E-state index in [-0.39, 0.29) is 37.7 Å². The van der Waals surface area contributed by atoms with Gasteiger partial charge in [-0.25, -0.2) is 0 Å². The van der Waals surface area contributed by atoms with Gasteiger partial charge in [0.2, 0.25) is 16.6 Å². The molecule has 6 N–H and O–H groups in total. The van der Waals surface area contributed by atoms with Crippen LogP contribution in [0.15, 0.2) is 46.0 Å². The zero-order valence-electron chi connectivity index (χ0n) is 16.0. The third kappa shape index (κ3) is 1.79. The summed E-state index contributed by atoms with van der Waals surface area (Å²) < 4.78 is 0. The predicted molar refractivity (Wildman–Crippen MR) is 119 cm³/mol. The van der Waals surface area contributed by atoms with Crippen molar-refractivity contribution in [2.45, 2.75) is 0 Å². The van der Waals surface area contributed by atoms with E-state index in [1.165, 1.54) is 6.07 Å². The lowest BCUT2D eigenvalue weighted by Crippen LogP contribution is -2.07. The molecule has 0 aliphatic heterocycles. The van der Waals surface area contributed by atoms with Crippen LogP contribution in [0.3, 0.4) is 0 Å². The molecule has 0 saturated carbocycles. The Bertz CT molecular complexity index is 1920. The van der Waals surface area contributed by atoms with E-state index in [1.54, 1.807) is 24.3 Å². The summed E-state index contributed by atoms with van der Waals surface area (Å²) in [6, 6.07) is 8.84. The minimum absolute atomic E-state index is 0.0120. The van der Waals surface area contributed by atoms with Crippen molar-refractivity contribution in [3.8, 4) is 34.5 Å². The fourth-order valence-electron chi connectivity index (χ4n) is 4.87. The number of phenolic OH excluding ortho intramolecular Hbond substituents is 6. The van der Waals surface area contributed by atoms with Crippen LogP contribution in [0.1, 0.15) is 0 Å². The summed E-state index contributed by atoms with van der Waals surface area (Å²) in [6.07, 6.45) is 0. The highest BCUT2D eigenvalue weighted by atomic mass is 16.3. The maximum Gasteiger partial charge on any atom is 0.232 e. The SMILES string of the molecule is O=c1c(O)ccc2c1c(O)c1c3ccccc3c3c(O)c(O)c(O)c4c(=O)c(O)c2c1c43. The lowest BCUT2D eigenvalue weighted by molar-refractivity contribution is 0.374. The van der Waals surface area contributed by atoms with E-state index >= 15 is 0 Å². The lowest BCUT2D eigenvalue weighted by atomic mass is 9.85. The van der Waals surface area contributed by atoms with Crippen LogP contribution in [-0.2, 0) is 0 Å². The highest BCUT2D eigenvalue weighted by Crippen LogP contribution is 2.55. The maximum atomic E-state index is 13.1. The summed E-state index contributed by atoms with van der Waals surface area (Å²) in [4.78, 5) is 25.8. The Hall–Kier alpha value is -4.72. The Morgan fingerprint density at radius 1 is 0.406 bits per heavy atom. The van der Waals surface area contributed by atoms with Gasteiger partial charge in [-0.1, -0.05) is 24.3 Å². The molecule has 0 amide bonds. The van der Waals surface area contributed by atoms with Gasteiger partial charge in [0.15, 0.2) is 23.0 Å². The molecule has 6 aromatic carbocycles. The van der Waals surface area contributed by atoms with Crippen molar-refractivity contribution >= 4 is 53.9 Å². The van der Waals surface area contributed by atoms with Crippen molar-refractivity contribution < 1.29 is 30.6 Å². The van der Waals surface area contributed by atoms with Gasteiger partial charge in [-0.05, 0) is 22.9 Å². The molecule has 0 heterocycles. The van der Waals surface area contributed by atoms with Crippen LogP contribution in [-0.4, -0.2) is 30.6 Å². The van der Waals surface area contributed by atoms with E-state index < -0.39 is 50.7 Å². The van der Waals surface area contributed by atoms with Crippen LogP contribution < -0.4 is 10.9 Å². The molecule has 0 unspecified atom stereocenters. The number of rotatable bonds is 0. The van der Waals surface area contributed by atoms with Gasteiger partial charge in [0.25, 0.3) is 0 Å². The zero-order chi connectivity index (χ0) is 22.6. The molecule has 0 aliphatic carbocycles. The van der Waals surface area contributed by atoms with Gasteiger partial charge in [-0.15, -0.1) is 0 Å². The van der Waals surface area contributed by atoms with Crippen molar-refractivity contribution in [3.05, 3.63) is 56.8 Å². The van der Waals surface area contributed by atoms with Crippen molar-refractivity contribution in [1.82, 2.24) is 0 Å². The van der Waals surface area contributed by atoms with Gasteiger partial charge < -0.3 is 30.6 Å². The van der Waals surface area contributed by atoms with Crippen LogP contribution in [0.5, 0.6) is 34.5 Å². The number of aromatic hydroxyl groups is 6. The first kappa shape index (κ1) is 18.1. The second-order valence-corrected chi connectivity index (χ2v) is 7.70. The van der Waals surface area contributed by atoms with Crippen LogP contribution in [0.4, 0.5) is 0 Å². The Labute approximate surface area is 176 Å².